The standard InChI is InChI=1S/C25H29N5O3/c1-18(2)26-24(32)25(33)29-16-14-28(15-17-29)23(31)13-12-22-27-20-10-6-7-11-21(20)30(22)19-8-4-3-5-9-19/h3-11,18H,12-17H2,1-2H3,(H,26,32). The van der Waals surface area contributed by atoms with Gasteiger partial charge in [0, 0.05) is 50.7 Å². The van der Waals surface area contributed by atoms with Crippen molar-refractivity contribution in [2.24, 2.45) is 0 Å². The lowest BCUT2D eigenvalue weighted by Gasteiger charge is -2.34. The molecule has 0 radical (unpaired) electrons. The smallest absolute Gasteiger partial charge is 0.312 e. The maximum Gasteiger partial charge on any atom is 0.312 e. The second kappa shape index (κ2) is 9.85. The highest BCUT2D eigenvalue weighted by molar-refractivity contribution is 6.35. The predicted molar refractivity (Wildman–Crippen MR) is 126 cm³/mol. The summed E-state index contributed by atoms with van der Waals surface area (Å²) >= 11 is 0. The molecule has 1 aliphatic heterocycles. The number of carbonyl (C=O) groups excluding carboxylic acids is 3. The minimum atomic E-state index is -0.593. The third-order valence-electron chi connectivity index (χ3n) is 5.74. The molecule has 0 unspecified atom stereocenters. The molecule has 2 heterocycles. The highest BCUT2D eigenvalue weighted by atomic mass is 16.2. The van der Waals surface area contributed by atoms with Crippen molar-refractivity contribution < 1.29 is 14.4 Å². The molecule has 172 valence electrons. The Labute approximate surface area is 193 Å². The molecule has 8 heteroatoms. The van der Waals surface area contributed by atoms with Gasteiger partial charge in [-0.25, -0.2) is 4.98 Å². The summed E-state index contributed by atoms with van der Waals surface area (Å²) < 4.78 is 2.10. The summed E-state index contributed by atoms with van der Waals surface area (Å²) in [5.74, 6) is -0.257. The molecule has 4 rings (SSSR count). The fraction of sp³-hybridized carbons (Fsp3) is 0.360. The summed E-state index contributed by atoms with van der Waals surface area (Å²) in [7, 11) is 0. The van der Waals surface area contributed by atoms with Gasteiger partial charge in [-0.05, 0) is 38.1 Å². The number of para-hydroxylation sites is 3. The molecule has 1 aromatic heterocycles. The minimum absolute atomic E-state index is 0.0281. The molecule has 0 atom stereocenters. The van der Waals surface area contributed by atoms with Crippen molar-refractivity contribution in [3.8, 4) is 5.69 Å². The van der Waals surface area contributed by atoms with Crippen molar-refractivity contribution in [2.45, 2.75) is 32.7 Å². The lowest BCUT2D eigenvalue weighted by molar-refractivity contribution is -0.148. The number of amides is 3. The van der Waals surface area contributed by atoms with Crippen LogP contribution >= 0.6 is 0 Å². The Balaban J connectivity index is 1.39. The molecular formula is C25H29N5O3. The van der Waals surface area contributed by atoms with Crippen LogP contribution in [0.5, 0.6) is 0 Å². The van der Waals surface area contributed by atoms with Crippen LogP contribution in [0.1, 0.15) is 26.1 Å². The van der Waals surface area contributed by atoms with E-state index in [1.807, 2.05) is 68.4 Å². The van der Waals surface area contributed by atoms with Crippen LogP contribution in [0, 0.1) is 0 Å². The maximum absolute atomic E-state index is 12.9. The quantitative estimate of drug-likeness (QED) is 0.607. The minimum Gasteiger partial charge on any atom is -0.346 e. The Bertz CT molecular complexity index is 1150. The Hall–Kier alpha value is -3.68. The second-order valence-corrected chi connectivity index (χ2v) is 8.49. The molecule has 33 heavy (non-hydrogen) atoms. The number of piperazine rings is 1. The number of aromatic nitrogens is 2. The Morgan fingerprint density at radius 1 is 0.909 bits per heavy atom. The van der Waals surface area contributed by atoms with Crippen LogP contribution in [-0.4, -0.2) is 69.3 Å². The lowest BCUT2D eigenvalue weighted by atomic mass is 10.2. The van der Waals surface area contributed by atoms with Gasteiger partial charge in [0.05, 0.1) is 11.0 Å². The lowest BCUT2D eigenvalue weighted by Crippen LogP contribution is -2.54. The van der Waals surface area contributed by atoms with E-state index in [9.17, 15) is 14.4 Å². The molecule has 0 spiro atoms. The van der Waals surface area contributed by atoms with Crippen molar-refractivity contribution in [1.82, 2.24) is 24.7 Å². The Kier molecular flexibility index (Phi) is 6.72. The average Bonchev–Trinajstić information content (AvgIpc) is 3.20. The Morgan fingerprint density at radius 2 is 1.55 bits per heavy atom. The number of nitrogens with zero attached hydrogens (tertiary/aromatic N) is 4. The monoisotopic (exact) mass is 447 g/mol. The summed E-state index contributed by atoms with van der Waals surface area (Å²) in [4.78, 5) is 45.2. The van der Waals surface area contributed by atoms with Crippen LogP contribution in [0.2, 0.25) is 0 Å². The first-order valence-electron chi connectivity index (χ1n) is 11.3. The topological polar surface area (TPSA) is 87.5 Å². The van der Waals surface area contributed by atoms with Gasteiger partial charge in [0.2, 0.25) is 5.91 Å². The molecule has 2 aromatic carbocycles. The van der Waals surface area contributed by atoms with Gasteiger partial charge in [-0.3, -0.25) is 19.0 Å². The first-order valence-corrected chi connectivity index (χ1v) is 11.3. The number of fused-ring (bicyclic) bond motifs is 1. The molecule has 1 aliphatic rings. The second-order valence-electron chi connectivity index (χ2n) is 8.49. The fourth-order valence-corrected chi connectivity index (χ4v) is 4.11. The molecule has 1 N–H and O–H groups in total. The number of imidazole rings is 1. The largest absolute Gasteiger partial charge is 0.346 e. The predicted octanol–water partition coefficient (Wildman–Crippen LogP) is 2.15. The van der Waals surface area contributed by atoms with E-state index in [4.69, 9.17) is 4.98 Å². The van der Waals surface area contributed by atoms with E-state index in [0.717, 1.165) is 22.5 Å². The van der Waals surface area contributed by atoms with E-state index in [1.165, 1.54) is 4.90 Å². The Morgan fingerprint density at radius 3 is 2.24 bits per heavy atom. The maximum atomic E-state index is 12.9. The number of carbonyl (C=O) groups is 3. The van der Waals surface area contributed by atoms with Gasteiger partial charge in [-0.2, -0.15) is 0 Å². The highest BCUT2D eigenvalue weighted by Crippen LogP contribution is 2.22. The van der Waals surface area contributed by atoms with E-state index >= 15 is 0 Å². The zero-order valence-corrected chi connectivity index (χ0v) is 19.0. The summed E-state index contributed by atoms with van der Waals surface area (Å²) in [6.45, 7) is 5.20. The number of benzene rings is 2. The third kappa shape index (κ3) is 5.05. The number of nitrogens with one attached hydrogen (secondary N) is 1. The van der Waals surface area contributed by atoms with Crippen LogP contribution in [0.25, 0.3) is 16.7 Å². The molecule has 0 bridgehead atoms. The van der Waals surface area contributed by atoms with Crippen LogP contribution in [0.4, 0.5) is 0 Å². The first kappa shape index (κ1) is 22.5. The van der Waals surface area contributed by atoms with Crippen molar-refractivity contribution in [3.05, 3.63) is 60.4 Å². The first-order chi connectivity index (χ1) is 15.9. The van der Waals surface area contributed by atoms with Gasteiger partial charge in [-0.15, -0.1) is 0 Å². The molecule has 1 saturated heterocycles. The van der Waals surface area contributed by atoms with Crippen LogP contribution < -0.4 is 5.32 Å². The van der Waals surface area contributed by atoms with Gasteiger partial charge in [0.15, 0.2) is 0 Å². The van der Waals surface area contributed by atoms with E-state index in [-0.39, 0.29) is 11.9 Å². The van der Waals surface area contributed by atoms with Crippen molar-refractivity contribution >= 4 is 28.8 Å². The van der Waals surface area contributed by atoms with E-state index < -0.39 is 11.8 Å². The molecule has 3 aromatic rings. The van der Waals surface area contributed by atoms with Gasteiger partial charge in [0.25, 0.3) is 0 Å². The van der Waals surface area contributed by atoms with Crippen LogP contribution in [0.15, 0.2) is 54.6 Å². The number of rotatable bonds is 5. The van der Waals surface area contributed by atoms with Gasteiger partial charge < -0.3 is 15.1 Å². The molecule has 8 nitrogen and oxygen atoms in total. The summed E-state index contributed by atoms with van der Waals surface area (Å²) in [5, 5.41) is 2.62. The van der Waals surface area contributed by atoms with Gasteiger partial charge in [-0.1, -0.05) is 30.3 Å². The SMILES string of the molecule is CC(C)NC(=O)C(=O)N1CCN(C(=O)CCc2nc3ccccc3n2-c2ccccc2)CC1. The summed E-state index contributed by atoms with van der Waals surface area (Å²) in [6, 6.07) is 17.9. The average molecular weight is 448 g/mol. The van der Waals surface area contributed by atoms with Crippen molar-refractivity contribution in [2.75, 3.05) is 26.2 Å². The van der Waals surface area contributed by atoms with Gasteiger partial charge in [0.1, 0.15) is 5.82 Å². The van der Waals surface area contributed by atoms with Crippen molar-refractivity contribution in [1.29, 1.82) is 0 Å². The zero-order chi connectivity index (χ0) is 23.4. The number of hydrogen-bond acceptors (Lipinski definition) is 4. The van der Waals surface area contributed by atoms with E-state index in [1.54, 1.807) is 4.90 Å². The third-order valence-corrected chi connectivity index (χ3v) is 5.74. The zero-order valence-electron chi connectivity index (χ0n) is 19.0. The van der Waals surface area contributed by atoms with E-state index in [0.29, 0.717) is 39.0 Å². The molecule has 0 aliphatic carbocycles. The molecule has 1 fully saturated rings. The summed E-state index contributed by atoms with van der Waals surface area (Å²) in [5.41, 5.74) is 2.93. The van der Waals surface area contributed by atoms with Crippen molar-refractivity contribution in [3.63, 3.8) is 0 Å². The van der Waals surface area contributed by atoms with E-state index in [2.05, 4.69) is 9.88 Å². The molecule has 3 amide bonds. The normalized spacial score (nSPS) is 14.0. The molecule has 0 saturated carbocycles. The van der Waals surface area contributed by atoms with Crippen LogP contribution in [0.3, 0.4) is 0 Å². The number of hydrogen-bond donors (Lipinski definition) is 1. The fourth-order valence-electron chi connectivity index (χ4n) is 4.11. The van der Waals surface area contributed by atoms with Crippen LogP contribution in [-0.2, 0) is 20.8 Å². The van der Waals surface area contributed by atoms with Gasteiger partial charge >= 0.3 is 11.8 Å². The number of aryl methyl sites for hydroxylation is 1. The molecular weight excluding hydrogens is 418 g/mol. The summed E-state index contributed by atoms with van der Waals surface area (Å²) in [6.07, 6.45) is 0.844. The highest BCUT2D eigenvalue weighted by Gasteiger charge is 2.28.